The number of hydrogen-bond donors (Lipinski definition) is 1. The van der Waals surface area contributed by atoms with Crippen LogP contribution in [0.15, 0.2) is 12.3 Å². The van der Waals surface area contributed by atoms with Crippen LogP contribution in [-0.4, -0.2) is 22.9 Å². The number of nitrogens with zero attached hydrogens (tertiary/aromatic N) is 2. The lowest BCUT2D eigenvalue weighted by molar-refractivity contribution is 0.425. The van der Waals surface area contributed by atoms with Crippen LogP contribution in [0, 0.1) is 0 Å². The molecule has 0 aliphatic rings. The fourth-order valence-corrected chi connectivity index (χ4v) is 1.90. The lowest BCUT2D eigenvalue weighted by Gasteiger charge is -2.12. The summed E-state index contributed by atoms with van der Waals surface area (Å²) in [7, 11) is 0. The van der Waals surface area contributed by atoms with Crippen molar-refractivity contribution in [3.8, 4) is 0 Å². The van der Waals surface area contributed by atoms with E-state index in [9.17, 15) is 0 Å². The molecule has 0 amide bonds. The SMILES string of the molecule is CCCNCCc1ccn(C(CC)CC)n1. The van der Waals surface area contributed by atoms with E-state index in [1.807, 2.05) is 0 Å². The van der Waals surface area contributed by atoms with Crippen LogP contribution in [-0.2, 0) is 6.42 Å². The van der Waals surface area contributed by atoms with Crippen molar-refractivity contribution in [2.24, 2.45) is 0 Å². The van der Waals surface area contributed by atoms with Gasteiger partial charge in [0.1, 0.15) is 0 Å². The third-order valence-electron chi connectivity index (χ3n) is 2.96. The van der Waals surface area contributed by atoms with Gasteiger partial charge in [0.15, 0.2) is 0 Å². The molecule has 1 aromatic heterocycles. The summed E-state index contributed by atoms with van der Waals surface area (Å²) in [5.74, 6) is 0. The van der Waals surface area contributed by atoms with Crippen LogP contribution in [0.5, 0.6) is 0 Å². The first-order chi connectivity index (χ1) is 7.81. The van der Waals surface area contributed by atoms with E-state index in [2.05, 4.69) is 48.1 Å². The molecule has 1 aromatic rings. The van der Waals surface area contributed by atoms with Gasteiger partial charge in [-0.05, 0) is 31.9 Å². The summed E-state index contributed by atoms with van der Waals surface area (Å²) in [5, 5.41) is 8.03. The summed E-state index contributed by atoms with van der Waals surface area (Å²) in [6.45, 7) is 8.77. The van der Waals surface area contributed by atoms with Gasteiger partial charge in [0.05, 0.1) is 11.7 Å². The lowest BCUT2D eigenvalue weighted by Crippen LogP contribution is -2.18. The van der Waals surface area contributed by atoms with E-state index in [0.29, 0.717) is 6.04 Å². The summed E-state index contributed by atoms with van der Waals surface area (Å²) in [5.41, 5.74) is 1.20. The zero-order valence-electron chi connectivity index (χ0n) is 10.9. The second-order valence-electron chi connectivity index (χ2n) is 4.26. The molecule has 0 aliphatic heterocycles. The van der Waals surface area contributed by atoms with Gasteiger partial charge in [0.2, 0.25) is 0 Å². The predicted octanol–water partition coefficient (Wildman–Crippen LogP) is 2.79. The third-order valence-corrected chi connectivity index (χ3v) is 2.96. The standard InChI is InChI=1S/C13H25N3/c1-4-9-14-10-7-12-8-11-16(15-12)13(5-2)6-3/h8,11,13-14H,4-7,9-10H2,1-3H3. The minimum Gasteiger partial charge on any atom is -0.316 e. The second-order valence-corrected chi connectivity index (χ2v) is 4.26. The molecule has 0 atom stereocenters. The maximum absolute atomic E-state index is 4.63. The Labute approximate surface area is 99.2 Å². The second kappa shape index (κ2) is 7.44. The minimum atomic E-state index is 0.567. The number of nitrogens with one attached hydrogen (secondary N) is 1. The van der Waals surface area contributed by atoms with Crippen LogP contribution in [0.25, 0.3) is 0 Å². The molecule has 0 saturated carbocycles. The highest BCUT2D eigenvalue weighted by atomic mass is 15.3. The van der Waals surface area contributed by atoms with E-state index in [1.165, 1.54) is 12.1 Å². The zero-order valence-corrected chi connectivity index (χ0v) is 10.9. The highest BCUT2D eigenvalue weighted by molar-refractivity contribution is 5.00. The van der Waals surface area contributed by atoms with Gasteiger partial charge in [0.25, 0.3) is 0 Å². The molecule has 1 N–H and O–H groups in total. The fraction of sp³-hybridized carbons (Fsp3) is 0.769. The van der Waals surface area contributed by atoms with Gasteiger partial charge < -0.3 is 5.32 Å². The van der Waals surface area contributed by atoms with Crippen LogP contribution in [0.3, 0.4) is 0 Å². The average molecular weight is 223 g/mol. The lowest BCUT2D eigenvalue weighted by atomic mass is 10.2. The molecule has 3 heteroatoms. The zero-order chi connectivity index (χ0) is 11.8. The molecule has 92 valence electrons. The Morgan fingerprint density at radius 1 is 1.25 bits per heavy atom. The molecule has 3 nitrogen and oxygen atoms in total. The van der Waals surface area contributed by atoms with Crippen molar-refractivity contribution in [2.45, 2.75) is 52.5 Å². The molecule has 0 aliphatic carbocycles. The molecule has 16 heavy (non-hydrogen) atoms. The van der Waals surface area contributed by atoms with Gasteiger partial charge in [-0.15, -0.1) is 0 Å². The number of rotatable bonds is 8. The Balaban J connectivity index is 2.38. The van der Waals surface area contributed by atoms with E-state index >= 15 is 0 Å². The molecule has 0 fully saturated rings. The van der Waals surface area contributed by atoms with E-state index in [4.69, 9.17) is 0 Å². The summed E-state index contributed by atoms with van der Waals surface area (Å²) >= 11 is 0. The largest absolute Gasteiger partial charge is 0.316 e. The van der Waals surface area contributed by atoms with Crippen molar-refractivity contribution in [2.75, 3.05) is 13.1 Å². The average Bonchev–Trinajstić information content (AvgIpc) is 2.75. The number of hydrogen-bond acceptors (Lipinski definition) is 2. The van der Waals surface area contributed by atoms with Crippen molar-refractivity contribution < 1.29 is 0 Å². The van der Waals surface area contributed by atoms with E-state index in [-0.39, 0.29) is 0 Å². The first-order valence-corrected chi connectivity index (χ1v) is 6.56. The topological polar surface area (TPSA) is 29.9 Å². The van der Waals surface area contributed by atoms with Crippen LogP contribution in [0.2, 0.25) is 0 Å². The first kappa shape index (κ1) is 13.2. The first-order valence-electron chi connectivity index (χ1n) is 6.56. The van der Waals surface area contributed by atoms with Gasteiger partial charge in [-0.1, -0.05) is 20.8 Å². The quantitative estimate of drug-likeness (QED) is 0.687. The fourth-order valence-electron chi connectivity index (χ4n) is 1.90. The highest BCUT2D eigenvalue weighted by Crippen LogP contribution is 2.14. The molecular formula is C13H25N3. The summed E-state index contributed by atoms with van der Waals surface area (Å²) < 4.78 is 2.12. The van der Waals surface area contributed by atoms with Gasteiger partial charge in [-0.3, -0.25) is 4.68 Å². The normalized spacial score (nSPS) is 11.2. The van der Waals surface area contributed by atoms with E-state index in [1.54, 1.807) is 0 Å². The van der Waals surface area contributed by atoms with Crippen LogP contribution >= 0.6 is 0 Å². The van der Waals surface area contributed by atoms with Gasteiger partial charge >= 0.3 is 0 Å². The number of aromatic nitrogens is 2. The van der Waals surface area contributed by atoms with Crippen molar-refractivity contribution in [1.82, 2.24) is 15.1 Å². The van der Waals surface area contributed by atoms with Gasteiger partial charge in [-0.2, -0.15) is 5.10 Å². The summed E-state index contributed by atoms with van der Waals surface area (Å²) in [6, 6.07) is 2.71. The van der Waals surface area contributed by atoms with Crippen molar-refractivity contribution in [3.63, 3.8) is 0 Å². The van der Waals surface area contributed by atoms with Crippen molar-refractivity contribution in [3.05, 3.63) is 18.0 Å². The summed E-state index contributed by atoms with van der Waals surface area (Å²) in [6.07, 6.45) is 6.67. The van der Waals surface area contributed by atoms with E-state index in [0.717, 1.165) is 32.4 Å². The maximum Gasteiger partial charge on any atom is 0.0637 e. The van der Waals surface area contributed by atoms with E-state index < -0.39 is 0 Å². The molecule has 0 spiro atoms. The van der Waals surface area contributed by atoms with Crippen LogP contribution < -0.4 is 5.32 Å². The molecule has 0 saturated heterocycles. The smallest absolute Gasteiger partial charge is 0.0637 e. The van der Waals surface area contributed by atoms with Crippen LogP contribution in [0.4, 0.5) is 0 Å². The Kier molecular flexibility index (Phi) is 6.16. The van der Waals surface area contributed by atoms with Gasteiger partial charge in [-0.25, -0.2) is 0 Å². The molecule has 0 unspecified atom stereocenters. The summed E-state index contributed by atoms with van der Waals surface area (Å²) in [4.78, 5) is 0. The molecule has 1 rings (SSSR count). The van der Waals surface area contributed by atoms with Gasteiger partial charge in [0, 0.05) is 19.2 Å². The maximum atomic E-state index is 4.63. The highest BCUT2D eigenvalue weighted by Gasteiger charge is 2.07. The molecular weight excluding hydrogens is 198 g/mol. The van der Waals surface area contributed by atoms with Crippen molar-refractivity contribution >= 4 is 0 Å². The van der Waals surface area contributed by atoms with Crippen LogP contribution in [0.1, 0.15) is 51.8 Å². The molecule has 0 aromatic carbocycles. The Hall–Kier alpha value is -0.830. The Bertz CT molecular complexity index is 276. The Morgan fingerprint density at radius 2 is 2.00 bits per heavy atom. The third kappa shape index (κ3) is 3.97. The molecule has 1 heterocycles. The minimum absolute atomic E-state index is 0.567. The molecule has 0 radical (unpaired) electrons. The van der Waals surface area contributed by atoms with Crippen molar-refractivity contribution in [1.29, 1.82) is 0 Å². The predicted molar refractivity (Wildman–Crippen MR) is 68.7 cm³/mol. The Morgan fingerprint density at radius 3 is 2.62 bits per heavy atom. The molecule has 0 bridgehead atoms. The monoisotopic (exact) mass is 223 g/mol.